The lowest BCUT2D eigenvalue weighted by Crippen LogP contribution is -2.43. The standard InChI is InChI=1S/C11H21N5/c1-15-7-3-2-4-11(15)10-12-5-8-16-9-6-13-14-16/h6,9,11-12H,2-5,7-8,10H2,1H3. The van der Waals surface area contributed by atoms with Crippen LogP contribution in [0.3, 0.4) is 0 Å². The second-order valence-corrected chi connectivity index (χ2v) is 4.50. The lowest BCUT2D eigenvalue weighted by Gasteiger charge is -2.32. The van der Waals surface area contributed by atoms with Crippen LogP contribution in [-0.2, 0) is 6.54 Å². The molecule has 0 saturated carbocycles. The van der Waals surface area contributed by atoms with Crippen molar-refractivity contribution >= 4 is 0 Å². The summed E-state index contributed by atoms with van der Waals surface area (Å²) in [6.45, 7) is 4.20. The van der Waals surface area contributed by atoms with E-state index in [-0.39, 0.29) is 0 Å². The number of likely N-dealkylation sites (N-methyl/N-ethyl adjacent to an activating group) is 1. The number of piperidine rings is 1. The molecule has 1 aromatic rings. The van der Waals surface area contributed by atoms with Gasteiger partial charge in [-0.2, -0.15) is 0 Å². The third kappa shape index (κ3) is 3.28. The predicted molar refractivity (Wildman–Crippen MR) is 63.2 cm³/mol. The Morgan fingerprint density at radius 1 is 1.44 bits per heavy atom. The van der Waals surface area contributed by atoms with Gasteiger partial charge in [-0.1, -0.05) is 11.6 Å². The van der Waals surface area contributed by atoms with Crippen LogP contribution < -0.4 is 5.32 Å². The van der Waals surface area contributed by atoms with Gasteiger partial charge in [-0.05, 0) is 26.4 Å². The van der Waals surface area contributed by atoms with Crippen LogP contribution in [0.1, 0.15) is 19.3 Å². The number of hydrogen-bond acceptors (Lipinski definition) is 4. The van der Waals surface area contributed by atoms with Crippen molar-refractivity contribution in [2.24, 2.45) is 0 Å². The summed E-state index contributed by atoms with van der Waals surface area (Å²) in [5.74, 6) is 0. The monoisotopic (exact) mass is 223 g/mol. The van der Waals surface area contributed by atoms with Crippen LogP contribution in [0.2, 0.25) is 0 Å². The van der Waals surface area contributed by atoms with E-state index in [1.54, 1.807) is 6.20 Å². The molecule has 2 rings (SSSR count). The van der Waals surface area contributed by atoms with Crippen molar-refractivity contribution in [1.29, 1.82) is 0 Å². The SMILES string of the molecule is CN1CCCCC1CNCCn1ccnn1. The second-order valence-electron chi connectivity index (χ2n) is 4.50. The van der Waals surface area contributed by atoms with E-state index in [4.69, 9.17) is 0 Å². The van der Waals surface area contributed by atoms with E-state index >= 15 is 0 Å². The Morgan fingerprint density at radius 3 is 3.12 bits per heavy atom. The van der Waals surface area contributed by atoms with E-state index in [1.807, 2.05) is 10.9 Å². The van der Waals surface area contributed by atoms with Crippen molar-refractivity contribution in [3.05, 3.63) is 12.4 Å². The van der Waals surface area contributed by atoms with Gasteiger partial charge in [0.05, 0.1) is 12.7 Å². The number of nitrogens with one attached hydrogen (secondary N) is 1. The first-order valence-corrected chi connectivity index (χ1v) is 6.11. The quantitative estimate of drug-likeness (QED) is 0.732. The molecule has 1 unspecified atom stereocenters. The van der Waals surface area contributed by atoms with Gasteiger partial charge in [-0.15, -0.1) is 5.10 Å². The number of aromatic nitrogens is 3. The minimum atomic E-state index is 0.712. The molecular weight excluding hydrogens is 202 g/mol. The summed E-state index contributed by atoms with van der Waals surface area (Å²) in [7, 11) is 2.23. The second kappa shape index (κ2) is 5.96. The highest BCUT2D eigenvalue weighted by Gasteiger charge is 2.17. The molecule has 0 radical (unpaired) electrons. The molecule has 16 heavy (non-hydrogen) atoms. The molecule has 0 spiro atoms. The first kappa shape index (κ1) is 11.5. The topological polar surface area (TPSA) is 46.0 Å². The van der Waals surface area contributed by atoms with Crippen molar-refractivity contribution < 1.29 is 0 Å². The summed E-state index contributed by atoms with van der Waals surface area (Å²) in [6.07, 6.45) is 7.67. The molecule has 1 fully saturated rings. The van der Waals surface area contributed by atoms with Crippen LogP contribution in [0.15, 0.2) is 12.4 Å². The van der Waals surface area contributed by atoms with Crippen molar-refractivity contribution in [3.8, 4) is 0 Å². The van der Waals surface area contributed by atoms with E-state index in [9.17, 15) is 0 Å². The average molecular weight is 223 g/mol. The highest BCUT2D eigenvalue weighted by atomic mass is 15.4. The first-order valence-electron chi connectivity index (χ1n) is 6.11. The zero-order valence-corrected chi connectivity index (χ0v) is 9.97. The van der Waals surface area contributed by atoms with Gasteiger partial charge >= 0.3 is 0 Å². The van der Waals surface area contributed by atoms with E-state index < -0.39 is 0 Å². The Labute approximate surface area is 96.8 Å². The Balaban J connectivity index is 1.60. The average Bonchev–Trinajstić information content (AvgIpc) is 2.79. The van der Waals surface area contributed by atoms with Gasteiger partial charge in [-0.3, -0.25) is 4.68 Å². The molecule has 0 aliphatic carbocycles. The van der Waals surface area contributed by atoms with Crippen LogP contribution in [-0.4, -0.2) is 52.6 Å². The number of rotatable bonds is 5. The fourth-order valence-electron chi connectivity index (χ4n) is 2.22. The van der Waals surface area contributed by atoms with Crippen molar-refractivity contribution in [2.45, 2.75) is 31.8 Å². The van der Waals surface area contributed by atoms with Gasteiger partial charge in [0.2, 0.25) is 0 Å². The molecule has 1 aliphatic heterocycles. The van der Waals surface area contributed by atoms with Gasteiger partial charge in [0, 0.05) is 25.3 Å². The number of likely N-dealkylation sites (tertiary alicyclic amines) is 1. The van der Waals surface area contributed by atoms with E-state index in [0.717, 1.165) is 19.6 Å². The van der Waals surface area contributed by atoms with Crippen LogP contribution in [0.25, 0.3) is 0 Å². The zero-order valence-electron chi connectivity index (χ0n) is 9.97. The van der Waals surface area contributed by atoms with Crippen LogP contribution in [0, 0.1) is 0 Å². The first-order chi connectivity index (χ1) is 7.86. The Hall–Kier alpha value is -0.940. The summed E-state index contributed by atoms with van der Waals surface area (Å²) < 4.78 is 1.86. The summed E-state index contributed by atoms with van der Waals surface area (Å²) >= 11 is 0. The fourth-order valence-corrected chi connectivity index (χ4v) is 2.22. The summed E-state index contributed by atoms with van der Waals surface area (Å²) in [5.41, 5.74) is 0. The van der Waals surface area contributed by atoms with Gasteiger partial charge in [0.25, 0.3) is 0 Å². The minimum absolute atomic E-state index is 0.712. The molecule has 90 valence electrons. The van der Waals surface area contributed by atoms with Gasteiger partial charge in [0.15, 0.2) is 0 Å². The molecule has 5 nitrogen and oxygen atoms in total. The highest BCUT2D eigenvalue weighted by Crippen LogP contribution is 2.13. The van der Waals surface area contributed by atoms with E-state index in [0.29, 0.717) is 6.04 Å². The Bertz CT molecular complexity index is 285. The van der Waals surface area contributed by atoms with Crippen LogP contribution >= 0.6 is 0 Å². The minimum Gasteiger partial charge on any atom is -0.313 e. The maximum Gasteiger partial charge on any atom is 0.0692 e. The van der Waals surface area contributed by atoms with E-state index in [1.165, 1.54) is 25.8 Å². The number of nitrogens with zero attached hydrogens (tertiary/aromatic N) is 4. The number of hydrogen-bond donors (Lipinski definition) is 1. The lowest BCUT2D eigenvalue weighted by molar-refractivity contribution is 0.181. The third-order valence-electron chi connectivity index (χ3n) is 3.29. The maximum absolute atomic E-state index is 3.93. The summed E-state index contributed by atoms with van der Waals surface area (Å²) in [6, 6.07) is 0.712. The molecule has 0 bridgehead atoms. The smallest absolute Gasteiger partial charge is 0.0692 e. The molecule has 1 atom stereocenters. The summed E-state index contributed by atoms with van der Waals surface area (Å²) in [4.78, 5) is 2.46. The van der Waals surface area contributed by atoms with Crippen molar-refractivity contribution in [3.63, 3.8) is 0 Å². The van der Waals surface area contributed by atoms with Crippen molar-refractivity contribution in [1.82, 2.24) is 25.2 Å². The Kier molecular flexibility index (Phi) is 4.30. The van der Waals surface area contributed by atoms with Gasteiger partial charge in [-0.25, -0.2) is 0 Å². The van der Waals surface area contributed by atoms with Gasteiger partial charge in [0.1, 0.15) is 0 Å². The van der Waals surface area contributed by atoms with Crippen molar-refractivity contribution in [2.75, 3.05) is 26.7 Å². The molecule has 1 aromatic heterocycles. The zero-order chi connectivity index (χ0) is 11.2. The molecular formula is C11H21N5. The van der Waals surface area contributed by atoms with Crippen LogP contribution in [0.4, 0.5) is 0 Å². The summed E-state index contributed by atoms with van der Waals surface area (Å²) in [5, 5.41) is 11.2. The largest absolute Gasteiger partial charge is 0.313 e. The molecule has 1 N–H and O–H groups in total. The van der Waals surface area contributed by atoms with Crippen LogP contribution in [0.5, 0.6) is 0 Å². The predicted octanol–water partition coefficient (Wildman–Crippen LogP) is 0.352. The lowest BCUT2D eigenvalue weighted by atomic mass is 10.0. The maximum atomic E-state index is 3.93. The molecule has 1 saturated heterocycles. The normalized spacial score (nSPS) is 22.4. The Morgan fingerprint density at radius 2 is 2.38 bits per heavy atom. The molecule has 2 heterocycles. The molecule has 5 heteroatoms. The van der Waals surface area contributed by atoms with E-state index in [2.05, 4.69) is 27.6 Å². The van der Waals surface area contributed by atoms with Gasteiger partial charge < -0.3 is 10.2 Å². The molecule has 0 amide bonds. The molecule has 1 aliphatic rings. The third-order valence-corrected chi connectivity index (χ3v) is 3.29. The highest BCUT2D eigenvalue weighted by molar-refractivity contribution is 4.76. The fraction of sp³-hybridized carbons (Fsp3) is 0.818. The molecule has 0 aromatic carbocycles.